The van der Waals surface area contributed by atoms with Crippen LogP contribution in [0.3, 0.4) is 0 Å². The summed E-state index contributed by atoms with van der Waals surface area (Å²) < 4.78 is 11.1. The molecule has 0 atom stereocenters. The normalized spacial score (nSPS) is 11.0. The monoisotopic (exact) mass is 412 g/mol. The van der Waals surface area contributed by atoms with E-state index in [1.54, 1.807) is 31.4 Å². The molecule has 0 fully saturated rings. The van der Waals surface area contributed by atoms with Crippen molar-refractivity contribution in [2.75, 3.05) is 13.7 Å². The third-order valence-electron chi connectivity index (χ3n) is 4.33. The van der Waals surface area contributed by atoms with Crippen molar-refractivity contribution in [2.24, 2.45) is 0 Å². The SMILES string of the molecule is CCCCOc1ccc(CNC(=O)c2ccc(C(=O)NC(C)(C)C)cc2)cc1OC. The number of benzene rings is 2. The van der Waals surface area contributed by atoms with Crippen molar-refractivity contribution in [3.63, 3.8) is 0 Å². The summed E-state index contributed by atoms with van der Waals surface area (Å²) in [6.45, 7) is 8.88. The molecule has 30 heavy (non-hydrogen) atoms. The molecule has 0 bridgehead atoms. The summed E-state index contributed by atoms with van der Waals surface area (Å²) >= 11 is 0. The molecule has 0 heterocycles. The molecular formula is C24H32N2O4. The molecule has 0 aromatic heterocycles. The highest BCUT2D eigenvalue weighted by Crippen LogP contribution is 2.28. The number of amides is 2. The van der Waals surface area contributed by atoms with Crippen LogP contribution in [0.15, 0.2) is 42.5 Å². The molecule has 2 aromatic rings. The summed E-state index contributed by atoms with van der Waals surface area (Å²) in [6, 6.07) is 12.2. The molecule has 2 aromatic carbocycles. The van der Waals surface area contributed by atoms with Crippen LogP contribution in [0.25, 0.3) is 0 Å². The van der Waals surface area contributed by atoms with Crippen molar-refractivity contribution in [2.45, 2.75) is 52.6 Å². The van der Waals surface area contributed by atoms with Gasteiger partial charge in [0.25, 0.3) is 11.8 Å². The molecule has 0 spiro atoms. The highest BCUT2D eigenvalue weighted by atomic mass is 16.5. The Morgan fingerprint density at radius 2 is 1.57 bits per heavy atom. The van der Waals surface area contributed by atoms with Crippen LogP contribution in [-0.4, -0.2) is 31.1 Å². The topological polar surface area (TPSA) is 76.7 Å². The molecule has 0 radical (unpaired) electrons. The number of carbonyl (C=O) groups excluding carboxylic acids is 2. The number of methoxy groups -OCH3 is 1. The lowest BCUT2D eigenvalue weighted by atomic mass is 10.1. The van der Waals surface area contributed by atoms with Crippen molar-refractivity contribution in [1.82, 2.24) is 10.6 Å². The van der Waals surface area contributed by atoms with Crippen LogP contribution in [0.1, 0.15) is 66.8 Å². The standard InChI is InChI=1S/C24H32N2O4/c1-6-7-14-30-20-13-8-17(15-21(20)29-5)16-25-22(27)18-9-11-19(12-10-18)23(28)26-24(2,3)4/h8-13,15H,6-7,14,16H2,1-5H3,(H,25,27)(H,26,28). The smallest absolute Gasteiger partial charge is 0.251 e. The summed E-state index contributed by atoms with van der Waals surface area (Å²) in [5, 5.41) is 5.79. The van der Waals surface area contributed by atoms with Gasteiger partial charge in [0.15, 0.2) is 11.5 Å². The largest absolute Gasteiger partial charge is 0.493 e. The van der Waals surface area contributed by atoms with E-state index in [4.69, 9.17) is 9.47 Å². The molecule has 2 rings (SSSR count). The number of nitrogens with one attached hydrogen (secondary N) is 2. The molecular weight excluding hydrogens is 380 g/mol. The zero-order chi connectivity index (χ0) is 22.1. The summed E-state index contributed by atoms with van der Waals surface area (Å²) in [4.78, 5) is 24.6. The molecule has 6 nitrogen and oxygen atoms in total. The average Bonchev–Trinajstić information content (AvgIpc) is 2.71. The maximum absolute atomic E-state index is 12.5. The van der Waals surface area contributed by atoms with Gasteiger partial charge in [0.05, 0.1) is 13.7 Å². The van der Waals surface area contributed by atoms with Crippen LogP contribution in [-0.2, 0) is 6.54 Å². The first-order chi connectivity index (χ1) is 14.2. The lowest BCUT2D eigenvalue weighted by Gasteiger charge is -2.20. The third-order valence-corrected chi connectivity index (χ3v) is 4.33. The minimum absolute atomic E-state index is 0.164. The first-order valence-corrected chi connectivity index (χ1v) is 10.2. The Labute approximate surface area is 179 Å². The van der Waals surface area contributed by atoms with Crippen LogP contribution < -0.4 is 20.1 Å². The number of carbonyl (C=O) groups is 2. The Bertz CT molecular complexity index is 854. The quantitative estimate of drug-likeness (QED) is 0.601. The van der Waals surface area contributed by atoms with Crippen LogP contribution in [0.5, 0.6) is 11.5 Å². The van der Waals surface area contributed by atoms with Crippen LogP contribution in [0, 0.1) is 0 Å². The Kier molecular flexibility index (Phi) is 8.27. The molecule has 0 saturated carbocycles. The molecule has 0 aliphatic carbocycles. The maximum atomic E-state index is 12.5. The minimum atomic E-state index is -0.315. The van der Waals surface area contributed by atoms with Gasteiger partial charge in [0, 0.05) is 23.2 Å². The Balaban J connectivity index is 1.96. The van der Waals surface area contributed by atoms with Gasteiger partial charge >= 0.3 is 0 Å². The molecule has 6 heteroatoms. The van der Waals surface area contributed by atoms with E-state index in [0.717, 1.165) is 18.4 Å². The second kappa shape index (κ2) is 10.7. The molecule has 0 aliphatic heterocycles. The van der Waals surface area contributed by atoms with Crippen LogP contribution in [0.4, 0.5) is 0 Å². The van der Waals surface area contributed by atoms with Gasteiger partial charge in [-0.25, -0.2) is 0 Å². The zero-order valence-electron chi connectivity index (χ0n) is 18.5. The average molecular weight is 413 g/mol. The second-order valence-electron chi connectivity index (χ2n) is 8.15. The Hall–Kier alpha value is -3.02. The van der Waals surface area contributed by atoms with Gasteiger partial charge in [0.2, 0.25) is 0 Å². The molecule has 2 N–H and O–H groups in total. The van der Waals surface area contributed by atoms with Crippen molar-refractivity contribution in [3.05, 3.63) is 59.2 Å². The van der Waals surface area contributed by atoms with E-state index >= 15 is 0 Å². The van der Waals surface area contributed by atoms with Crippen molar-refractivity contribution < 1.29 is 19.1 Å². The predicted molar refractivity (Wildman–Crippen MR) is 118 cm³/mol. The first-order valence-electron chi connectivity index (χ1n) is 10.2. The highest BCUT2D eigenvalue weighted by Gasteiger charge is 2.16. The van der Waals surface area contributed by atoms with E-state index in [2.05, 4.69) is 17.6 Å². The van der Waals surface area contributed by atoms with Crippen LogP contribution in [0.2, 0.25) is 0 Å². The van der Waals surface area contributed by atoms with E-state index in [0.29, 0.717) is 35.8 Å². The summed E-state index contributed by atoms with van der Waals surface area (Å²) in [6.07, 6.45) is 2.05. The van der Waals surface area contributed by atoms with Gasteiger partial charge in [-0.2, -0.15) is 0 Å². The van der Waals surface area contributed by atoms with Gasteiger partial charge in [-0.05, 0) is 69.2 Å². The molecule has 0 aliphatic rings. The van der Waals surface area contributed by atoms with Gasteiger partial charge in [-0.15, -0.1) is 0 Å². The summed E-state index contributed by atoms with van der Waals surface area (Å²) in [7, 11) is 1.60. The number of hydrogen-bond acceptors (Lipinski definition) is 4. The summed E-state index contributed by atoms with van der Waals surface area (Å²) in [5.74, 6) is 0.972. The third kappa shape index (κ3) is 7.10. The van der Waals surface area contributed by atoms with Crippen molar-refractivity contribution in [1.29, 1.82) is 0 Å². The maximum Gasteiger partial charge on any atom is 0.251 e. The van der Waals surface area contributed by atoms with E-state index in [9.17, 15) is 9.59 Å². The molecule has 0 unspecified atom stereocenters. The molecule has 2 amide bonds. The fourth-order valence-corrected chi connectivity index (χ4v) is 2.74. The Morgan fingerprint density at radius 3 is 2.13 bits per heavy atom. The minimum Gasteiger partial charge on any atom is -0.493 e. The van der Waals surface area contributed by atoms with Gasteiger partial charge in [0.1, 0.15) is 0 Å². The van der Waals surface area contributed by atoms with E-state index in [1.165, 1.54) is 0 Å². The Morgan fingerprint density at radius 1 is 0.933 bits per heavy atom. The highest BCUT2D eigenvalue weighted by molar-refractivity contribution is 5.98. The fourth-order valence-electron chi connectivity index (χ4n) is 2.74. The number of unbranched alkanes of at least 4 members (excludes halogenated alkanes) is 1. The van der Waals surface area contributed by atoms with Gasteiger partial charge < -0.3 is 20.1 Å². The van der Waals surface area contributed by atoms with Crippen LogP contribution >= 0.6 is 0 Å². The number of ether oxygens (including phenoxy) is 2. The first kappa shape index (κ1) is 23.3. The zero-order valence-corrected chi connectivity index (χ0v) is 18.5. The fraction of sp³-hybridized carbons (Fsp3) is 0.417. The number of hydrogen-bond donors (Lipinski definition) is 2. The second-order valence-corrected chi connectivity index (χ2v) is 8.15. The predicted octanol–water partition coefficient (Wildman–Crippen LogP) is 4.33. The lowest BCUT2D eigenvalue weighted by Crippen LogP contribution is -2.40. The molecule has 0 saturated heterocycles. The number of rotatable bonds is 9. The van der Waals surface area contributed by atoms with E-state index in [-0.39, 0.29) is 17.4 Å². The summed E-state index contributed by atoms with van der Waals surface area (Å²) in [5.41, 5.74) is 1.60. The van der Waals surface area contributed by atoms with Gasteiger partial charge in [-0.3, -0.25) is 9.59 Å². The molecule has 162 valence electrons. The lowest BCUT2D eigenvalue weighted by molar-refractivity contribution is 0.0915. The van der Waals surface area contributed by atoms with E-state index in [1.807, 2.05) is 39.0 Å². The van der Waals surface area contributed by atoms with Gasteiger partial charge in [-0.1, -0.05) is 19.4 Å². The van der Waals surface area contributed by atoms with Crippen molar-refractivity contribution >= 4 is 11.8 Å². The van der Waals surface area contributed by atoms with E-state index < -0.39 is 0 Å². The van der Waals surface area contributed by atoms with Crippen molar-refractivity contribution in [3.8, 4) is 11.5 Å².